The normalized spacial score (nSPS) is 11.4. The van der Waals surface area contributed by atoms with Gasteiger partial charge in [-0.25, -0.2) is 0 Å². The first-order chi connectivity index (χ1) is 9.99. The van der Waals surface area contributed by atoms with Gasteiger partial charge in [0.15, 0.2) is 0 Å². The molecule has 0 N–H and O–H groups in total. The second-order valence-corrected chi connectivity index (χ2v) is 6.14. The molecule has 0 aliphatic heterocycles. The van der Waals surface area contributed by atoms with Crippen LogP contribution in [-0.4, -0.2) is 16.9 Å². The molecule has 0 aliphatic carbocycles. The van der Waals surface area contributed by atoms with Gasteiger partial charge < -0.3 is 4.74 Å². The molecule has 1 aromatic rings. The van der Waals surface area contributed by atoms with E-state index in [4.69, 9.17) is 4.74 Å². The van der Waals surface area contributed by atoms with Crippen molar-refractivity contribution < 1.29 is 9.66 Å². The van der Waals surface area contributed by atoms with E-state index in [9.17, 15) is 10.1 Å². The van der Waals surface area contributed by atoms with Crippen molar-refractivity contribution in [3.63, 3.8) is 0 Å². The third-order valence-electron chi connectivity index (χ3n) is 3.83. The second kappa shape index (κ2) is 8.37. The fraction of sp³-hybridized carbons (Fsp3) is 0.625. The van der Waals surface area contributed by atoms with Crippen LogP contribution in [-0.2, 0) is 0 Å². The van der Waals surface area contributed by atoms with Gasteiger partial charge in [-0.1, -0.05) is 48.7 Å². The first kappa shape index (κ1) is 18.0. The van der Waals surface area contributed by atoms with Gasteiger partial charge in [0, 0.05) is 16.8 Å². The third-order valence-corrected chi connectivity index (χ3v) is 5.02. The largest absolute Gasteiger partial charge is 0.492 e. The van der Waals surface area contributed by atoms with Crippen LogP contribution in [0.2, 0.25) is 0 Å². The molecule has 0 saturated heterocycles. The minimum Gasteiger partial charge on any atom is -0.492 e. The average molecular weight is 358 g/mol. The van der Waals surface area contributed by atoms with Crippen molar-refractivity contribution >= 4 is 21.6 Å². The predicted octanol–water partition coefficient (Wildman–Crippen LogP) is 5.26. The van der Waals surface area contributed by atoms with Crippen molar-refractivity contribution in [3.05, 3.63) is 33.9 Å². The molecule has 0 saturated carbocycles. The van der Waals surface area contributed by atoms with E-state index in [1.54, 1.807) is 19.1 Å². The van der Waals surface area contributed by atoms with Gasteiger partial charge in [-0.15, -0.1) is 0 Å². The molecule has 1 aromatic carbocycles. The van der Waals surface area contributed by atoms with Crippen molar-refractivity contribution in [1.29, 1.82) is 0 Å². The molecule has 0 bridgehead atoms. The average Bonchev–Trinajstić information content (AvgIpc) is 2.46. The summed E-state index contributed by atoms with van der Waals surface area (Å²) in [5.74, 6) is 0.613. The van der Waals surface area contributed by atoms with E-state index in [0.717, 1.165) is 31.0 Å². The molecule has 0 aliphatic rings. The summed E-state index contributed by atoms with van der Waals surface area (Å²) >= 11 is 3.62. The molecule has 0 unspecified atom stereocenters. The van der Waals surface area contributed by atoms with E-state index in [2.05, 4.69) is 29.8 Å². The van der Waals surface area contributed by atoms with Crippen LogP contribution in [0.25, 0.3) is 0 Å². The molecule has 21 heavy (non-hydrogen) atoms. The Balaban J connectivity index is 2.90. The van der Waals surface area contributed by atoms with Crippen LogP contribution >= 0.6 is 15.9 Å². The Labute approximate surface area is 135 Å². The molecule has 0 spiro atoms. The van der Waals surface area contributed by atoms with Gasteiger partial charge in [0.25, 0.3) is 5.69 Å². The number of benzene rings is 1. The molecule has 0 amide bonds. The third kappa shape index (κ3) is 4.70. The summed E-state index contributed by atoms with van der Waals surface area (Å²) in [6.07, 6.45) is 4.37. The van der Waals surface area contributed by atoms with Crippen molar-refractivity contribution in [1.82, 2.24) is 0 Å². The molecule has 0 radical (unpaired) electrons. The van der Waals surface area contributed by atoms with E-state index in [0.29, 0.717) is 17.9 Å². The van der Waals surface area contributed by atoms with Gasteiger partial charge in [-0.3, -0.25) is 10.1 Å². The minimum atomic E-state index is -0.363. The lowest BCUT2D eigenvalue weighted by molar-refractivity contribution is -0.385. The molecule has 0 atom stereocenters. The molecule has 0 aromatic heterocycles. The maximum atomic E-state index is 11.0. The van der Waals surface area contributed by atoms with Gasteiger partial charge in [0.1, 0.15) is 5.75 Å². The van der Waals surface area contributed by atoms with Crippen molar-refractivity contribution in [2.75, 3.05) is 11.9 Å². The van der Waals surface area contributed by atoms with Crippen LogP contribution in [0.3, 0.4) is 0 Å². The number of rotatable bonds is 9. The summed E-state index contributed by atoms with van der Waals surface area (Å²) in [5.41, 5.74) is 0.808. The molecule has 4 nitrogen and oxygen atoms in total. The minimum absolute atomic E-state index is 0.0978. The van der Waals surface area contributed by atoms with Crippen LogP contribution in [0.1, 0.15) is 45.1 Å². The highest BCUT2D eigenvalue weighted by Crippen LogP contribution is 2.34. The Bertz CT molecular complexity index is 471. The molecular formula is C16H24BrNO3. The highest BCUT2D eigenvalue weighted by Gasteiger charge is 2.28. The number of ether oxygens (including phenoxy) is 1. The standard InChI is InChI=1S/C16H24BrNO3/c1-4-9-16(11-17,10-5-2)12-21-15-8-6-7-14(13(15)3)18(19)20/h6-8H,4-5,9-12H2,1-3H3. The number of alkyl halides is 1. The molecule has 5 heteroatoms. The molecule has 0 fully saturated rings. The van der Waals surface area contributed by atoms with Crippen LogP contribution in [0.15, 0.2) is 18.2 Å². The summed E-state index contributed by atoms with van der Waals surface area (Å²) in [4.78, 5) is 10.6. The first-order valence-corrected chi connectivity index (χ1v) is 8.54. The Morgan fingerprint density at radius 2 is 1.90 bits per heavy atom. The Morgan fingerprint density at radius 1 is 1.29 bits per heavy atom. The molecular weight excluding hydrogens is 334 g/mol. The maximum absolute atomic E-state index is 11.0. The van der Waals surface area contributed by atoms with Gasteiger partial charge in [0.2, 0.25) is 0 Å². The zero-order chi connectivity index (χ0) is 15.9. The lowest BCUT2D eigenvalue weighted by atomic mass is 9.82. The predicted molar refractivity (Wildman–Crippen MR) is 89.4 cm³/mol. The zero-order valence-corrected chi connectivity index (χ0v) is 14.6. The number of hydrogen-bond donors (Lipinski definition) is 0. The van der Waals surface area contributed by atoms with E-state index in [1.807, 2.05) is 0 Å². The summed E-state index contributed by atoms with van der Waals surface area (Å²) < 4.78 is 5.95. The smallest absolute Gasteiger partial charge is 0.276 e. The van der Waals surface area contributed by atoms with Gasteiger partial charge >= 0.3 is 0 Å². The molecule has 118 valence electrons. The number of hydrogen-bond acceptors (Lipinski definition) is 3. The van der Waals surface area contributed by atoms with Gasteiger partial charge in [-0.2, -0.15) is 0 Å². The Hall–Kier alpha value is -1.10. The quantitative estimate of drug-likeness (QED) is 0.344. The Kier molecular flexibility index (Phi) is 7.15. The van der Waals surface area contributed by atoms with Crippen LogP contribution < -0.4 is 4.74 Å². The van der Waals surface area contributed by atoms with Crippen LogP contribution in [0, 0.1) is 22.5 Å². The topological polar surface area (TPSA) is 52.4 Å². The highest BCUT2D eigenvalue weighted by atomic mass is 79.9. The second-order valence-electron chi connectivity index (χ2n) is 5.58. The number of nitro groups is 1. The lowest BCUT2D eigenvalue weighted by Gasteiger charge is -2.31. The van der Waals surface area contributed by atoms with Crippen LogP contribution in [0.4, 0.5) is 5.69 Å². The highest BCUT2D eigenvalue weighted by molar-refractivity contribution is 9.09. The summed E-state index contributed by atoms with van der Waals surface area (Å²) in [5, 5.41) is 11.9. The summed E-state index contributed by atoms with van der Waals surface area (Å²) in [7, 11) is 0. The summed E-state index contributed by atoms with van der Waals surface area (Å²) in [6.45, 7) is 6.67. The van der Waals surface area contributed by atoms with Gasteiger partial charge in [0.05, 0.1) is 17.1 Å². The van der Waals surface area contributed by atoms with E-state index >= 15 is 0 Å². The number of nitrogens with zero attached hydrogens (tertiary/aromatic N) is 1. The van der Waals surface area contributed by atoms with Crippen molar-refractivity contribution in [2.24, 2.45) is 5.41 Å². The summed E-state index contributed by atoms with van der Waals surface area (Å²) in [6, 6.07) is 4.99. The number of halogens is 1. The van der Waals surface area contributed by atoms with Gasteiger partial charge in [-0.05, 0) is 25.8 Å². The SMILES string of the molecule is CCCC(CBr)(CCC)COc1cccc([N+](=O)[O-])c1C. The van der Waals surface area contributed by atoms with Crippen molar-refractivity contribution in [2.45, 2.75) is 46.5 Å². The fourth-order valence-electron chi connectivity index (χ4n) is 2.69. The zero-order valence-electron chi connectivity index (χ0n) is 13.0. The molecule has 0 heterocycles. The van der Waals surface area contributed by atoms with E-state index < -0.39 is 0 Å². The lowest BCUT2D eigenvalue weighted by Crippen LogP contribution is -2.30. The van der Waals surface area contributed by atoms with E-state index in [1.165, 1.54) is 6.07 Å². The maximum Gasteiger partial charge on any atom is 0.276 e. The monoisotopic (exact) mass is 357 g/mol. The first-order valence-electron chi connectivity index (χ1n) is 7.42. The molecule has 1 rings (SSSR count). The number of nitro benzene ring substituents is 1. The Morgan fingerprint density at radius 3 is 2.38 bits per heavy atom. The van der Waals surface area contributed by atoms with Crippen molar-refractivity contribution in [3.8, 4) is 5.75 Å². The fourth-order valence-corrected chi connectivity index (χ4v) is 3.41. The van der Waals surface area contributed by atoms with E-state index in [-0.39, 0.29) is 16.0 Å². The van der Waals surface area contributed by atoms with Crippen LogP contribution in [0.5, 0.6) is 5.75 Å².